The summed E-state index contributed by atoms with van der Waals surface area (Å²) in [4.78, 5) is 46.7. The van der Waals surface area contributed by atoms with Crippen LogP contribution < -0.4 is 19.7 Å². The van der Waals surface area contributed by atoms with E-state index < -0.39 is 41.7 Å². The SMILES string of the molecule is CC(C)(C)OC(=O)N[C@@H](CCCO)C(=O)Nc1cc(CSN(C(=O)c2cccnc2)c2ccc(OC(F)(F)F)cc2)ccn1. The van der Waals surface area contributed by atoms with E-state index in [1.807, 2.05) is 0 Å². The van der Waals surface area contributed by atoms with Gasteiger partial charge in [-0.25, -0.2) is 14.1 Å². The van der Waals surface area contributed by atoms with Crippen LogP contribution in [0.2, 0.25) is 0 Å². The fourth-order valence-corrected chi connectivity index (χ4v) is 4.59. The normalized spacial score (nSPS) is 12.2. The Kier molecular flexibility index (Phi) is 11.9. The van der Waals surface area contributed by atoms with Gasteiger partial charge in [-0.1, -0.05) is 0 Å². The van der Waals surface area contributed by atoms with E-state index in [0.29, 0.717) is 11.3 Å². The minimum absolute atomic E-state index is 0.148. The second-order valence-electron chi connectivity index (χ2n) is 10.3. The Morgan fingerprint density at radius 1 is 1.07 bits per heavy atom. The molecule has 0 aliphatic carbocycles. The predicted octanol–water partition coefficient (Wildman–Crippen LogP) is 5.47. The van der Waals surface area contributed by atoms with Crippen molar-refractivity contribution in [2.45, 2.75) is 57.4 Å². The molecule has 3 aromatic rings. The third-order valence-electron chi connectivity index (χ3n) is 5.49. The van der Waals surface area contributed by atoms with Crippen molar-refractivity contribution in [1.29, 1.82) is 0 Å². The van der Waals surface area contributed by atoms with E-state index in [1.165, 1.54) is 35.0 Å². The summed E-state index contributed by atoms with van der Waals surface area (Å²) in [5.41, 5.74) is 0.416. The lowest BCUT2D eigenvalue weighted by atomic mass is 10.1. The van der Waals surface area contributed by atoms with E-state index in [0.717, 1.165) is 24.1 Å². The molecule has 236 valence electrons. The lowest BCUT2D eigenvalue weighted by molar-refractivity contribution is -0.274. The van der Waals surface area contributed by atoms with Crippen molar-refractivity contribution in [2.75, 3.05) is 16.2 Å². The summed E-state index contributed by atoms with van der Waals surface area (Å²) in [6, 6.07) is 10.2. The average Bonchev–Trinajstić information content (AvgIpc) is 2.95. The molecule has 2 heterocycles. The Bertz CT molecular complexity index is 1410. The van der Waals surface area contributed by atoms with Crippen LogP contribution in [0.4, 0.5) is 29.5 Å². The summed E-state index contributed by atoms with van der Waals surface area (Å²) in [5.74, 6) is -1.10. The van der Waals surface area contributed by atoms with Gasteiger partial charge >= 0.3 is 12.5 Å². The zero-order chi connectivity index (χ0) is 32.3. The van der Waals surface area contributed by atoms with Crippen molar-refractivity contribution in [3.05, 3.63) is 78.2 Å². The number of hydrogen-bond acceptors (Lipinski definition) is 9. The number of halogens is 3. The molecule has 3 N–H and O–H groups in total. The third-order valence-corrected chi connectivity index (χ3v) is 6.59. The van der Waals surface area contributed by atoms with Gasteiger partial charge in [-0.2, -0.15) is 0 Å². The van der Waals surface area contributed by atoms with Crippen molar-refractivity contribution < 1.29 is 42.1 Å². The van der Waals surface area contributed by atoms with E-state index >= 15 is 0 Å². The van der Waals surface area contributed by atoms with Crippen molar-refractivity contribution >= 4 is 41.4 Å². The van der Waals surface area contributed by atoms with Crippen LogP contribution in [0.15, 0.2) is 67.1 Å². The molecule has 0 saturated heterocycles. The molecule has 0 aliphatic heterocycles. The summed E-state index contributed by atoms with van der Waals surface area (Å²) in [6.07, 6.45) is -0.924. The monoisotopic (exact) mass is 635 g/mol. The topological polar surface area (TPSA) is 143 Å². The molecular formula is C29H32F3N5O6S. The Balaban J connectivity index is 1.75. The molecule has 2 aromatic heterocycles. The summed E-state index contributed by atoms with van der Waals surface area (Å²) in [7, 11) is 0. The summed E-state index contributed by atoms with van der Waals surface area (Å²) >= 11 is 1.06. The molecule has 11 nitrogen and oxygen atoms in total. The molecular weight excluding hydrogens is 603 g/mol. The molecule has 0 spiro atoms. The number of carbonyl (C=O) groups excluding carboxylic acids is 3. The van der Waals surface area contributed by atoms with Crippen LogP contribution in [-0.4, -0.2) is 57.6 Å². The van der Waals surface area contributed by atoms with Gasteiger partial charge < -0.3 is 25.2 Å². The van der Waals surface area contributed by atoms with Crippen LogP contribution in [0, 0.1) is 0 Å². The first-order chi connectivity index (χ1) is 20.7. The first-order valence-corrected chi connectivity index (χ1v) is 14.3. The fourth-order valence-electron chi connectivity index (χ4n) is 3.64. The number of aliphatic hydroxyl groups excluding tert-OH is 1. The van der Waals surface area contributed by atoms with Gasteiger partial charge in [0.05, 0.1) is 11.3 Å². The number of nitrogens with zero attached hydrogens (tertiary/aromatic N) is 3. The number of pyridine rings is 2. The van der Waals surface area contributed by atoms with Crippen molar-refractivity contribution in [1.82, 2.24) is 15.3 Å². The molecule has 0 saturated carbocycles. The first-order valence-electron chi connectivity index (χ1n) is 13.3. The highest BCUT2D eigenvalue weighted by atomic mass is 32.2. The molecule has 44 heavy (non-hydrogen) atoms. The summed E-state index contributed by atoms with van der Waals surface area (Å²) in [6.45, 7) is 4.87. The molecule has 1 atom stereocenters. The van der Waals surface area contributed by atoms with Crippen LogP contribution in [0.5, 0.6) is 5.75 Å². The van der Waals surface area contributed by atoms with Gasteiger partial charge in [0.2, 0.25) is 5.91 Å². The molecule has 0 aliphatic rings. The zero-order valence-electron chi connectivity index (χ0n) is 24.1. The molecule has 0 fully saturated rings. The number of rotatable bonds is 12. The third kappa shape index (κ3) is 11.4. The number of alkyl carbamates (subject to hydrolysis) is 1. The Labute approximate surface area is 256 Å². The number of carbonyl (C=O) groups is 3. The quantitative estimate of drug-likeness (QED) is 0.221. The lowest BCUT2D eigenvalue weighted by Crippen LogP contribution is -2.46. The first kappa shape index (κ1) is 34.1. The van der Waals surface area contributed by atoms with Crippen LogP contribution in [0.3, 0.4) is 0 Å². The van der Waals surface area contributed by atoms with Gasteiger partial charge in [0.1, 0.15) is 23.2 Å². The zero-order valence-corrected chi connectivity index (χ0v) is 24.9. The Hall–Kier alpha value is -4.37. The highest BCUT2D eigenvalue weighted by Crippen LogP contribution is 2.31. The average molecular weight is 636 g/mol. The summed E-state index contributed by atoms with van der Waals surface area (Å²) in [5, 5.41) is 14.4. The molecule has 15 heteroatoms. The maximum atomic E-state index is 13.4. The van der Waals surface area contributed by atoms with Crippen LogP contribution in [0.1, 0.15) is 49.5 Å². The predicted molar refractivity (Wildman–Crippen MR) is 158 cm³/mol. The highest BCUT2D eigenvalue weighted by molar-refractivity contribution is 8.00. The molecule has 0 unspecified atom stereocenters. The smallest absolute Gasteiger partial charge is 0.444 e. The van der Waals surface area contributed by atoms with Gasteiger partial charge in [-0.05, 0) is 99.7 Å². The molecule has 3 rings (SSSR count). The van der Waals surface area contributed by atoms with Gasteiger partial charge in [-0.3, -0.25) is 14.6 Å². The van der Waals surface area contributed by atoms with Gasteiger partial charge in [0.15, 0.2) is 0 Å². The van der Waals surface area contributed by atoms with Gasteiger partial charge in [0, 0.05) is 31.0 Å². The van der Waals surface area contributed by atoms with E-state index in [9.17, 15) is 32.7 Å². The fraction of sp³-hybridized carbons (Fsp3) is 0.345. The minimum Gasteiger partial charge on any atom is -0.444 e. The second kappa shape index (κ2) is 15.4. The Morgan fingerprint density at radius 3 is 2.41 bits per heavy atom. The number of nitrogens with one attached hydrogen (secondary N) is 2. The largest absolute Gasteiger partial charge is 0.573 e. The van der Waals surface area contributed by atoms with Gasteiger partial charge in [0.25, 0.3) is 5.91 Å². The second-order valence-corrected chi connectivity index (χ2v) is 11.2. The maximum Gasteiger partial charge on any atom is 0.573 e. The lowest BCUT2D eigenvalue weighted by Gasteiger charge is -2.23. The minimum atomic E-state index is -4.86. The maximum absolute atomic E-state index is 13.4. The number of ether oxygens (including phenoxy) is 2. The van der Waals surface area contributed by atoms with Crippen molar-refractivity contribution in [3.8, 4) is 5.75 Å². The van der Waals surface area contributed by atoms with Crippen LogP contribution >= 0.6 is 11.9 Å². The molecule has 3 amide bonds. The van der Waals surface area contributed by atoms with Crippen molar-refractivity contribution in [2.24, 2.45) is 0 Å². The molecule has 0 radical (unpaired) electrons. The number of anilines is 2. The highest BCUT2D eigenvalue weighted by Gasteiger charge is 2.31. The van der Waals surface area contributed by atoms with Crippen LogP contribution in [-0.2, 0) is 15.3 Å². The molecule has 1 aromatic carbocycles. The number of aliphatic hydroxyl groups is 1. The van der Waals surface area contributed by atoms with E-state index in [2.05, 4.69) is 25.3 Å². The van der Waals surface area contributed by atoms with Crippen molar-refractivity contribution in [3.63, 3.8) is 0 Å². The summed E-state index contributed by atoms with van der Waals surface area (Å²) < 4.78 is 48.3. The number of hydrogen-bond donors (Lipinski definition) is 3. The number of benzene rings is 1. The van der Waals surface area contributed by atoms with E-state index in [4.69, 9.17) is 4.74 Å². The van der Waals surface area contributed by atoms with Crippen LogP contribution in [0.25, 0.3) is 0 Å². The van der Waals surface area contributed by atoms with E-state index in [-0.39, 0.29) is 36.6 Å². The van der Waals surface area contributed by atoms with E-state index in [1.54, 1.807) is 45.0 Å². The Morgan fingerprint density at radius 2 is 1.80 bits per heavy atom. The number of amides is 3. The number of alkyl halides is 3. The molecule has 0 bridgehead atoms. The number of aromatic nitrogens is 2. The standard InChI is InChI=1S/C29H32F3N5O6S/c1-28(2,3)43-27(41)35-23(7-5-15-38)25(39)36-24-16-19(12-14-34-24)18-44-37(26(40)20-6-4-13-33-17-20)21-8-10-22(11-9-21)42-29(30,31)32/h4,6,8-14,16-17,23,38H,5,7,15,18H2,1-3H3,(H,35,41)(H,34,36,39)/t23-/m0/s1. The van der Waals surface area contributed by atoms with Gasteiger partial charge in [-0.15, -0.1) is 13.2 Å².